The van der Waals surface area contributed by atoms with Gasteiger partial charge in [0.15, 0.2) is 0 Å². The second-order valence-corrected chi connectivity index (χ2v) is 9.92. The van der Waals surface area contributed by atoms with Gasteiger partial charge >= 0.3 is 0 Å². The lowest BCUT2D eigenvalue weighted by Crippen LogP contribution is -2.52. The van der Waals surface area contributed by atoms with Crippen LogP contribution in [0.3, 0.4) is 0 Å². The van der Waals surface area contributed by atoms with Crippen LogP contribution in [0.1, 0.15) is 72.1 Å². The fraction of sp³-hybridized carbons (Fsp3) is 0.909. The third-order valence-electron chi connectivity index (χ3n) is 8.95. The average molecular weight is 353 g/mol. The van der Waals surface area contributed by atoms with E-state index in [1.807, 2.05) is 0 Å². The number of hydrogen-bond acceptors (Lipinski definition) is 1. The van der Waals surface area contributed by atoms with E-state index in [1.165, 1.54) is 25.7 Å². The van der Waals surface area contributed by atoms with Gasteiger partial charge in [0.1, 0.15) is 5.60 Å². The topological polar surface area (TPSA) is 20.2 Å². The van der Waals surface area contributed by atoms with Gasteiger partial charge < -0.3 is 5.11 Å². The first-order valence-electron chi connectivity index (χ1n) is 10.5. The van der Waals surface area contributed by atoms with Crippen molar-refractivity contribution >= 4 is 0 Å². The van der Waals surface area contributed by atoms with Crippen LogP contribution in [0.2, 0.25) is 0 Å². The van der Waals surface area contributed by atoms with Gasteiger partial charge in [-0.3, -0.25) is 0 Å². The van der Waals surface area contributed by atoms with Crippen molar-refractivity contribution in [3.63, 3.8) is 0 Å². The average Bonchev–Trinajstić information content (AvgIpc) is 2.83. The minimum absolute atomic E-state index is 0.299. The molecule has 0 aromatic carbocycles. The molecule has 4 aliphatic rings. The zero-order valence-electron chi connectivity index (χ0n) is 16.0. The molecule has 4 saturated carbocycles. The molecule has 3 heteroatoms. The van der Waals surface area contributed by atoms with E-state index in [-0.39, 0.29) is 0 Å². The highest BCUT2D eigenvalue weighted by Gasteiger charge is 2.58. The number of allylic oxidation sites excluding steroid dienone is 2. The summed E-state index contributed by atoms with van der Waals surface area (Å²) >= 11 is 0. The first-order chi connectivity index (χ1) is 11.8. The summed E-state index contributed by atoms with van der Waals surface area (Å²) in [7, 11) is 0. The van der Waals surface area contributed by atoms with Crippen molar-refractivity contribution < 1.29 is 13.9 Å². The lowest BCUT2D eigenvalue weighted by atomic mass is 9.49. The van der Waals surface area contributed by atoms with Gasteiger partial charge in [-0.25, -0.2) is 8.78 Å². The molecule has 4 fully saturated rings. The molecule has 1 nitrogen and oxygen atoms in total. The molecule has 1 unspecified atom stereocenters. The van der Waals surface area contributed by atoms with Crippen LogP contribution in [-0.2, 0) is 0 Å². The zero-order chi connectivity index (χ0) is 18.0. The van der Waals surface area contributed by atoms with Crippen LogP contribution >= 0.6 is 0 Å². The van der Waals surface area contributed by atoms with Gasteiger partial charge in [-0.15, -0.1) is 0 Å². The van der Waals surface area contributed by atoms with Crippen LogP contribution in [0, 0.1) is 40.9 Å². The molecule has 0 heterocycles. The highest BCUT2D eigenvalue weighted by molar-refractivity contribution is 5.25. The van der Waals surface area contributed by atoms with Crippen molar-refractivity contribution in [2.75, 3.05) is 0 Å². The molecule has 4 rings (SSSR count). The van der Waals surface area contributed by atoms with Crippen LogP contribution in [0.4, 0.5) is 8.78 Å². The largest absolute Gasteiger partial charge is 0.384 e. The number of hydrogen-bond donors (Lipinski definition) is 1. The highest BCUT2D eigenvalue weighted by Crippen LogP contribution is 2.65. The van der Waals surface area contributed by atoms with Gasteiger partial charge in [0.05, 0.1) is 0 Å². The second-order valence-electron chi connectivity index (χ2n) is 9.92. The monoisotopic (exact) mass is 352 g/mol. The molecule has 8 atom stereocenters. The molecule has 0 aromatic heterocycles. The van der Waals surface area contributed by atoms with E-state index in [1.54, 1.807) is 5.57 Å². The van der Waals surface area contributed by atoms with Gasteiger partial charge in [0.25, 0.3) is 6.43 Å². The maximum Gasteiger partial charge on any atom is 0.266 e. The van der Waals surface area contributed by atoms with E-state index < -0.39 is 12.0 Å². The zero-order valence-corrected chi connectivity index (χ0v) is 16.0. The number of fused-ring (bicyclic) bond motifs is 5. The fourth-order valence-electron chi connectivity index (χ4n) is 7.91. The van der Waals surface area contributed by atoms with Crippen molar-refractivity contribution in [3.05, 3.63) is 11.6 Å². The van der Waals surface area contributed by atoms with E-state index in [0.29, 0.717) is 41.9 Å². The van der Waals surface area contributed by atoms with Crippen molar-refractivity contribution in [3.8, 4) is 0 Å². The maximum absolute atomic E-state index is 13.3. The molecule has 25 heavy (non-hydrogen) atoms. The molecule has 0 aromatic rings. The highest BCUT2D eigenvalue weighted by atomic mass is 19.3. The summed E-state index contributed by atoms with van der Waals surface area (Å²) in [6.07, 6.45) is 7.31. The quantitative estimate of drug-likeness (QED) is 0.589. The molecular formula is C22H34F2O. The molecule has 0 radical (unpaired) electrons. The maximum atomic E-state index is 13.3. The van der Waals surface area contributed by atoms with Crippen LogP contribution in [0.15, 0.2) is 11.6 Å². The van der Waals surface area contributed by atoms with Crippen LogP contribution in [-0.4, -0.2) is 17.1 Å². The smallest absolute Gasteiger partial charge is 0.266 e. The van der Waals surface area contributed by atoms with E-state index in [4.69, 9.17) is 0 Å². The third-order valence-corrected chi connectivity index (χ3v) is 8.95. The Kier molecular flexibility index (Phi) is 4.34. The minimum Gasteiger partial charge on any atom is -0.384 e. The summed E-state index contributed by atoms with van der Waals surface area (Å²) in [5, 5.41) is 10.3. The van der Waals surface area contributed by atoms with Crippen molar-refractivity contribution in [2.24, 2.45) is 40.9 Å². The Balaban J connectivity index is 1.55. The molecule has 0 bridgehead atoms. The summed E-state index contributed by atoms with van der Waals surface area (Å²) in [4.78, 5) is 0. The molecule has 0 saturated heterocycles. The molecule has 0 amide bonds. The number of halogens is 2. The van der Waals surface area contributed by atoms with E-state index >= 15 is 0 Å². The number of alkyl halides is 2. The van der Waals surface area contributed by atoms with E-state index in [2.05, 4.69) is 26.8 Å². The Morgan fingerprint density at radius 1 is 1.08 bits per heavy atom. The van der Waals surface area contributed by atoms with Gasteiger partial charge in [0.2, 0.25) is 0 Å². The molecule has 142 valence electrons. The summed E-state index contributed by atoms with van der Waals surface area (Å²) < 4.78 is 26.6. The first kappa shape index (κ1) is 17.9. The Bertz CT molecular complexity index is 558. The Hall–Kier alpha value is -0.440. The lowest BCUT2D eigenvalue weighted by molar-refractivity contribution is -0.157. The summed E-state index contributed by atoms with van der Waals surface area (Å²) in [6, 6.07) is 0. The van der Waals surface area contributed by atoms with Crippen molar-refractivity contribution in [1.29, 1.82) is 0 Å². The molecule has 1 N–H and O–H groups in total. The van der Waals surface area contributed by atoms with Gasteiger partial charge in [-0.05, 0) is 99.2 Å². The van der Waals surface area contributed by atoms with Gasteiger partial charge in [-0.1, -0.05) is 25.5 Å². The predicted octanol–water partition coefficient (Wildman–Crippen LogP) is 5.83. The number of rotatable bonds is 1. The van der Waals surface area contributed by atoms with Crippen LogP contribution < -0.4 is 0 Å². The third kappa shape index (κ3) is 2.55. The summed E-state index contributed by atoms with van der Waals surface area (Å²) in [5.74, 6) is 3.86. The second kappa shape index (κ2) is 6.04. The van der Waals surface area contributed by atoms with E-state index in [9.17, 15) is 13.9 Å². The fourth-order valence-corrected chi connectivity index (χ4v) is 7.91. The Morgan fingerprint density at radius 2 is 1.80 bits per heavy atom. The molecule has 0 aliphatic heterocycles. The number of aliphatic hydroxyl groups is 1. The lowest BCUT2D eigenvalue weighted by Gasteiger charge is -2.56. The Morgan fingerprint density at radius 3 is 2.48 bits per heavy atom. The normalized spacial score (nSPS) is 54.3. The molecule has 0 spiro atoms. The van der Waals surface area contributed by atoms with E-state index in [0.717, 1.165) is 24.7 Å². The van der Waals surface area contributed by atoms with Gasteiger partial charge in [-0.2, -0.15) is 0 Å². The SMILES string of the molecule is CC=C1C(C)C[C@H]2[C@@H]3CC[C@@H]4C[C@@](O)(C(F)F)CC[C@@H]4[C@H]3CC[C@]12C. The predicted molar refractivity (Wildman–Crippen MR) is 96.4 cm³/mol. The Labute approximate surface area is 151 Å². The van der Waals surface area contributed by atoms with Crippen molar-refractivity contribution in [2.45, 2.75) is 84.2 Å². The first-order valence-corrected chi connectivity index (χ1v) is 10.5. The van der Waals surface area contributed by atoms with Crippen LogP contribution in [0.25, 0.3) is 0 Å². The van der Waals surface area contributed by atoms with Crippen LogP contribution in [0.5, 0.6) is 0 Å². The summed E-state index contributed by atoms with van der Waals surface area (Å²) in [6.45, 7) is 7.09. The molecular weight excluding hydrogens is 318 g/mol. The minimum atomic E-state index is -2.59. The summed E-state index contributed by atoms with van der Waals surface area (Å²) in [5.41, 5.74) is 0.339. The van der Waals surface area contributed by atoms with Crippen molar-refractivity contribution in [1.82, 2.24) is 0 Å². The van der Waals surface area contributed by atoms with Gasteiger partial charge in [0, 0.05) is 0 Å². The molecule has 4 aliphatic carbocycles. The standard InChI is InChI=1S/C22H34F2O/c1-4-18-13(2)11-19-17-6-5-14-12-22(25,20(23)24)10-8-15(14)16(17)7-9-21(18,19)3/h4,13-17,19-20,25H,5-12H2,1-3H3/t13?,14-,15+,16-,17-,19+,21-,22-/m1/s1.